The second-order valence-electron chi connectivity index (χ2n) is 2.93. The first-order valence-electron chi connectivity index (χ1n) is 4.31. The third kappa shape index (κ3) is 2.76. The van der Waals surface area contributed by atoms with Gasteiger partial charge in [0.1, 0.15) is 11.6 Å². The molecule has 0 spiro atoms. The first-order chi connectivity index (χ1) is 7.10. The Morgan fingerprint density at radius 3 is 2.80 bits per heavy atom. The van der Waals surface area contributed by atoms with Crippen molar-refractivity contribution in [1.82, 2.24) is 5.32 Å². The molecule has 0 aliphatic heterocycles. The summed E-state index contributed by atoms with van der Waals surface area (Å²) in [7, 11) is 3.08. The third-order valence-corrected chi connectivity index (χ3v) is 2.64. The molecule has 0 atom stereocenters. The summed E-state index contributed by atoms with van der Waals surface area (Å²) in [5, 5.41) is 2.71. The molecule has 3 nitrogen and oxygen atoms in total. The normalized spacial score (nSPS) is 10.1. The standard InChI is InChI=1S/C10H11BrFNO2/c1-13-5-8(14)6-3-7(12)10(11)9(4-6)15-2/h3-4,13H,5H2,1-2H3. The maximum atomic E-state index is 13.3. The molecule has 15 heavy (non-hydrogen) atoms. The summed E-state index contributed by atoms with van der Waals surface area (Å²) < 4.78 is 18.5. The van der Waals surface area contributed by atoms with Crippen LogP contribution >= 0.6 is 15.9 Å². The van der Waals surface area contributed by atoms with Gasteiger partial charge in [0, 0.05) is 5.56 Å². The molecule has 0 bridgehead atoms. The quantitative estimate of drug-likeness (QED) is 0.855. The Bertz CT molecular complexity index is 382. The van der Waals surface area contributed by atoms with Crippen LogP contribution in [0.1, 0.15) is 10.4 Å². The summed E-state index contributed by atoms with van der Waals surface area (Å²) in [5.74, 6) is -0.370. The maximum Gasteiger partial charge on any atom is 0.176 e. The van der Waals surface area contributed by atoms with Crippen molar-refractivity contribution in [3.63, 3.8) is 0 Å². The van der Waals surface area contributed by atoms with E-state index in [0.29, 0.717) is 11.3 Å². The predicted molar refractivity (Wildman–Crippen MR) is 58.9 cm³/mol. The molecule has 1 aromatic carbocycles. The van der Waals surface area contributed by atoms with Crippen LogP contribution in [0.25, 0.3) is 0 Å². The molecule has 1 aromatic rings. The van der Waals surface area contributed by atoms with Gasteiger partial charge in [-0.25, -0.2) is 4.39 Å². The lowest BCUT2D eigenvalue weighted by atomic mass is 10.1. The molecule has 0 aromatic heterocycles. The van der Waals surface area contributed by atoms with Gasteiger partial charge in [0.25, 0.3) is 0 Å². The van der Waals surface area contributed by atoms with Crippen molar-refractivity contribution in [3.8, 4) is 5.75 Å². The Kier molecular flexibility index (Phi) is 4.23. The van der Waals surface area contributed by atoms with Crippen LogP contribution in [0.15, 0.2) is 16.6 Å². The van der Waals surface area contributed by atoms with E-state index in [1.807, 2.05) is 0 Å². The van der Waals surface area contributed by atoms with E-state index in [1.54, 1.807) is 7.05 Å². The average molecular weight is 276 g/mol. The highest BCUT2D eigenvalue weighted by Crippen LogP contribution is 2.29. The molecule has 0 fully saturated rings. The summed E-state index contributed by atoms with van der Waals surface area (Å²) in [6.45, 7) is 0.171. The van der Waals surface area contributed by atoms with E-state index < -0.39 is 5.82 Å². The van der Waals surface area contributed by atoms with Gasteiger partial charge in [-0.3, -0.25) is 4.79 Å². The first-order valence-corrected chi connectivity index (χ1v) is 5.10. The summed E-state index contributed by atoms with van der Waals surface area (Å²) in [4.78, 5) is 11.5. The van der Waals surface area contributed by atoms with E-state index in [-0.39, 0.29) is 16.8 Å². The SMILES string of the molecule is CNCC(=O)c1cc(F)c(Br)c(OC)c1. The lowest BCUT2D eigenvalue weighted by molar-refractivity contribution is 0.0992. The van der Waals surface area contributed by atoms with Gasteiger partial charge in [0.2, 0.25) is 0 Å². The van der Waals surface area contributed by atoms with Crippen molar-refractivity contribution >= 4 is 21.7 Å². The molecule has 0 radical (unpaired) electrons. The fraction of sp³-hybridized carbons (Fsp3) is 0.300. The zero-order valence-electron chi connectivity index (χ0n) is 8.43. The highest BCUT2D eigenvalue weighted by molar-refractivity contribution is 9.10. The minimum Gasteiger partial charge on any atom is -0.495 e. The molecular weight excluding hydrogens is 265 g/mol. The van der Waals surface area contributed by atoms with Gasteiger partial charge in [-0.05, 0) is 35.1 Å². The van der Waals surface area contributed by atoms with E-state index in [0.717, 1.165) is 0 Å². The number of hydrogen-bond donors (Lipinski definition) is 1. The Labute approximate surface area is 95.7 Å². The first kappa shape index (κ1) is 12.1. The number of rotatable bonds is 4. The minimum atomic E-state index is -0.506. The van der Waals surface area contributed by atoms with Crippen LogP contribution in [-0.4, -0.2) is 26.5 Å². The van der Waals surface area contributed by atoms with Gasteiger partial charge < -0.3 is 10.1 Å². The fourth-order valence-electron chi connectivity index (χ4n) is 1.14. The molecule has 1 N–H and O–H groups in total. The smallest absolute Gasteiger partial charge is 0.176 e. The largest absolute Gasteiger partial charge is 0.495 e. The molecule has 5 heteroatoms. The van der Waals surface area contributed by atoms with Crippen LogP contribution in [0.4, 0.5) is 4.39 Å². The Morgan fingerprint density at radius 1 is 1.60 bits per heavy atom. The minimum absolute atomic E-state index is 0.171. The van der Waals surface area contributed by atoms with Crippen LogP contribution in [0, 0.1) is 5.82 Å². The van der Waals surface area contributed by atoms with Gasteiger partial charge in [-0.15, -0.1) is 0 Å². The van der Waals surface area contributed by atoms with E-state index in [2.05, 4.69) is 21.2 Å². The summed E-state index contributed by atoms with van der Waals surface area (Å²) in [6, 6.07) is 2.69. The van der Waals surface area contributed by atoms with Crippen LogP contribution in [-0.2, 0) is 0 Å². The summed E-state index contributed by atoms with van der Waals surface area (Å²) >= 11 is 3.04. The summed E-state index contributed by atoms with van der Waals surface area (Å²) in [5.41, 5.74) is 0.293. The lowest BCUT2D eigenvalue weighted by Crippen LogP contribution is -2.18. The second kappa shape index (κ2) is 5.23. The molecule has 0 amide bonds. The molecule has 0 aliphatic rings. The zero-order valence-corrected chi connectivity index (χ0v) is 10.0. The molecule has 0 saturated carbocycles. The number of likely N-dealkylation sites (N-methyl/N-ethyl adjacent to an activating group) is 1. The van der Waals surface area contributed by atoms with Crippen molar-refractivity contribution < 1.29 is 13.9 Å². The van der Waals surface area contributed by atoms with E-state index in [9.17, 15) is 9.18 Å². The third-order valence-electron chi connectivity index (χ3n) is 1.87. The van der Waals surface area contributed by atoms with E-state index in [1.165, 1.54) is 19.2 Å². The number of halogens is 2. The van der Waals surface area contributed by atoms with Gasteiger partial charge in [-0.2, -0.15) is 0 Å². The van der Waals surface area contributed by atoms with Gasteiger partial charge in [0.15, 0.2) is 5.78 Å². The number of methoxy groups -OCH3 is 1. The van der Waals surface area contributed by atoms with Crippen molar-refractivity contribution in [1.29, 1.82) is 0 Å². The highest BCUT2D eigenvalue weighted by Gasteiger charge is 2.13. The molecule has 0 saturated heterocycles. The van der Waals surface area contributed by atoms with Crippen molar-refractivity contribution in [3.05, 3.63) is 28.0 Å². The van der Waals surface area contributed by atoms with Crippen molar-refractivity contribution in [2.24, 2.45) is 0 Å². The number of benzene rings is 1. The Morgan fingerprint density at radius 2 is 2.27 bits per heavy atom. The second-order valence-corrected chi connectivity index (χ2v) is 3.72. The number of ketones is 1. The maximum absolute atomic E-state index is 13.3. The summed E-state index contributed by atoms with van der Waals surface area (Å²) in [6.07, 6.45) is 0. The van der Waals surface area contributed by atoms with Crippen LogP contribution in [0.3, 0.4) is 0 Å². The van der Waals surface area contributed by atoms with Crippen molar-refractivity contribution in [2.45, 2.75) is 0 Å². The lowest BCUT2D eigenvalue weighted by Gasteiger charge is -2.07. The highest BCUT2D eigenvalue weighted by atomic mass is 79.9. The van der Waals surface area contributed by atoms with Crippen LogP contribution in [0.2, 0.25) is 0 Å². The number of carbonyl (C=O) groups is 1. The fourth-order valence-corrected chi connectivity index (χ4v) is 1.53. The zero-order chi connectivity index (χ0) is 11.4. The van der Waals surface area contributed by atoms with E-state index >= 15 is 0 Å². The molecule has 0 unspecified atom stereocenters. The number of Topliss-reactive ketones (excluding diaryl/α,β-unsaturated/α-hetero) is 1. The van der Waals surface area contributed by atoms with Gasteiger partial charge in [-0.1, -0.05) is 0 Å². The Hall–Kier alpha value is -0.940. The van der Waals surface area contributed by atoms with Crippen LogP contribution < -0.4 is 10.1 Å². The monoisotopic (exact) mass is 275 g/mol. The molecular formula is C10H11BrFNO2. The topological polar surface area (TPSA) is 38.3 Å². The number of carbonyl (C=O) groups excluding carboxylic acids is 1. The molecule has 0 heterocycles. The van der Waals surface area contributed by atoms with Crippen molar-refractivity contribution in [2.75, 3.05) is 20.7 Å². The molecule has 1 rings (SSSR count). The predicted octanol–water partition coefficient (Wildman–Crippen LogP) is 2.00. The number of nitrogens with one attached hydrogen (secondary N) is 1. The van der Waals surface area contributed by atoms with Gasteiger partial charge in [0.05, 0.1) is 18.1 Å². The Balaban J connectivity index is 3.10. The van der Waals surface area contributed by atoms with Gasteiger partial charge >= 0.3 is 0 Å². The van der Waals surface area contributed by atoms with E-state index in [4.69, 9.17) is 4.74 Å². The van der Waals surface area contributed by atoms with Crippen LogP contribution in [0.5, 0.6) is 5.75 Å². The number of hydrogen-bond acceptors (Lipinski definition) is 3. The number of ether oxygens (including phenoxy) is 1. The molecule has 0 aliphatic carbocycles. The average Bonchev–Trinajstić information content (AvgIpc) is 2.22. The molecule has 82 valence electrons.